The Bertz CT molecular complexity index is 379. The second-order valence-electron chi connectivity index (χ2n) is 3.97. The van der Waals surface area contributed by atoms with Crippen molar-refractivity contribution in [1.29, 1.82) is 0 Å². The number of thiophene rings is 1. The van der Waals surface area contributed by atoms with Gasteiger partial charge in [0.2, 0.25) is 0 Å². The molecule has 0 saturated carbocycles. The molecule has 1 aromatic heterocycles. The van der Waals surface area contributed by atoms with Crippen molar-refractivity contribution in [3.63, 3.8) is 0 Å². The van der Waals surface area contributed by atoms with Gasteiger partial charge in [0, 0.05) is 4.88 Å². The van der Waals surface area contributed by atoms with Crippen LogP contribution in [0.1, 0.15) is 18.2 Å². The highest BCUT2D eigenvalue weighted by molar-refractivity contribution is 9.11. The molecule has 1 aliphatic heterocycles. The van der Waals surface area contributed by atoms with Gasteiger partial charge in [-0.3, -0.25) is 0 Å². The van der Waals surface area contributed by atoms with Crippen molar-refractivity contribution in [1.82, 2.24) is 5.32 Å². The number of rotatable bonds is 3. The van der Waals surface area contributed by atoms with E-state index in [2.05, 4.69) is 27.3 Å². The molecule has 2 heterocycles. The summed E-state index contributed by atoms with van der Waals surface area (Å²) in [6, 6.07) is 4.15. The van der Waals surface area contributed by atoms with E-state index in [9.17, 15) is 4.79 Å². The zero-order valence-corrected chi connectivity index (χ0v) is 10.8. The topological polar surface area (TPSA) is 38.3 Å². The molecular formula is C10H12BrNO2S. The van der Waals surface area contributed by atoms with E-state index in [-0.39, 0.29) is 11.6 Å². The number of hydrogen-bond acceptors (Lipinski definition) is 3. The minimum atomic E-state index is -0.301. The maximum absolute atomic E-state index is 10.9. The molecule has 1 aliphatic rings. The van der Waals surface area contributed by atoms with Crippen LogP contribution in [-0.4, -0.2) is 18.2 Å². The number of hydrogen-bond donors (Lipinski definition) is 1. The molecule has 1 fully saturated rings. The molecular weight excluding hydrogens is 278 g/mol. The van der Waals surface area contributed by atoms with Gasteiger partial charge in [-0.2, -0.15) is 0 Å². The average molecular weight is 290 g/mol. The second kappa shape index (κ2) is 4.14. The third-order valence-electron chi connectivity index (χ3n) is 2.48. The Hall–Kier alpha value is -0.550. The summed E-state index contributed by atoms with van der Waals surface area (Å²) in [5, 5.41) is 2.84. The first kappa shape index (κ1) is 11.0. The molecule has 82 valence electrons. The van der Waals surface area contributed by atoms with Gasteiger partial charge in [0.05, 0.1) is 9.33 Å². The first-order chi connectivity index (χ1) is 7.07. The maximum atomic E-state index is 10.9. The molecule has 0 aromatic carbocycles. The maximum Gasteiger partial charge on any atom is 0.407 e. The molecule has 1 saturated heterocycles. The smallest absolute Gasteiger partial charge is 0.407 e. The largest absolute Gasteiger partial charge is 0.447 e. The van der Waals surface area contributed by atoms with E-state index in [1.54, 1.807) is 11.3 Å². The van der Waals surface area contributed by atoms with Crippen molar-refractivity contribution in [3.05, 3.63) is 20.8 Å². The Morgan fingerprint density at radius 1 is 1.67 bits per heavy atom. The number of nitrogens with one attached hydrogen (secondary N) is 1. The molecule has 1 amide bonds. The predicted octanol–water partition coefficient (Wildman–Crippen LogP) is 2.94. The minimum Gasteiger partial charge on any atom is -0.447 e. The van der Waals surface area contributed by atoms with Gasteiger partial charge in [-0.1, -0.05) is 0 Å². The lowest BCUT2D eigenvalue weighted by molar-refractivity contribution is 0.172. The van der Waals surface area contributed by atoms with Crippen molar-refractivity contribution in [3.8, 4) is 0 Å². The number of amides is 1. The van der Waals surface area contributed by atoms with E-state index in [4.69, 9.17) is 4.74 Å². The normalized spacial score (nSPS) is 25.1. The number of carbonyl (C=O) groups excluding carboxylic acids is 1. The average Bonchev–Trinajstić information content (AvgIpc) is 2.71. The summed E-state index contributed by atoms with van der Waals surface area (Å²) in [6.45, 7) is 2.49. The van der Waals surface area contributed by atoms with Crippen LogP contribution in [0.3, 0.4) is 0 Å². The summed E-state index contributed by atoms with van der Waals surface area (Å²) in [5.74, 6) is 0. The van der Waals surface area contributed by atoms with Crippen LogP contribution in [0.2, 0.25) is 0 Å². The fourth-order valence-corrected chi connectivity index (χ4v) is 3.05. The van der Waals surface area contributed by atoms with Gasteiger partial charge in [-0.15, -0.1) is 11.3 Å². The third kappa shape index (κ3) is 2.72. The van der Waals surface area contributed by atoms with E-state index < -0.39 is 0 Å². The zero-order valence-electron chi connectivity index (χ0n) is 8.38. The molecule has 1 unspecified atom stereocenters. The highest BCUT2D eigenvalue weighted by Gasteiger charge is 2.34. The zero-order chi connectivity index (χ0) is 10.9. The second-order valence-corrected chi connectivity index (χ2v) is 6.52. The lowest BCUT2D eigenvalue weighted by atomic mass is 9.97. The Balaban J connectivity index is 1.90. The van der Waals surface area contributed by atoms with E-state index >= 15 is 0 Å². The lowest BCUT2D eigenvalue weighted by Crippen LogP contribution is -2.40. The molecule has 0 bridgehead atoms. The Labute approximate surface area is 101 Å². The SMILES string of the molecule is CC1(CCc2ccc(Br)s2)COC(=O)N1. The van der Waals surface area contributed by atoms with Gasteiger partial charge in [-0.05, 0) is 47.8 Å². The number of ether oxygens (including phenoxy) is 1. The Morgan fingerprint density at radius 3 is 3.00 bits per heavy atom. The van der Waals surface area contributed by atoms with Crippen molar-refractivity contribution < 1.29 is 9.53 Å². The summed E-state index contributed by atoms with van der Waals surface area (Å²) < 4.78 is 6.05. The highest BCUT2D eigenvalue weighted by Crippen LogP contribution is 2.26. The number of cyclic esters (lactones) is 1. The predicted molar refractivity (Wildman–Crippen MR) is 63.2 cm³/mol. The van der Waals surface area contributed by atoms with Crippen LogP contribution in [0.25, 0.3) is 0 Å². The summed E-state index contributed by atoms with van der Waals surface area (Å²) in [6.07, 6.45) is 1.58. The van der Waals surface area contributed by atoms with Crippen LogP contribution in [0, 0.1) is 0 Å². The number of halogens is 1. The van der Waals surface area contributed by atoms with E-state index in [0.717, 1.165) is 16.6 Å². The van der Waals surface area contributed by atoms with E-state index in [1.807, 2.05) is 13.0 Å². The van der Waals surface area contributed by atoms with Gasteiger partial charge in [0.1, 0.15) is 6.61 Å². The fourth-order valence-electron chi connectivity index (χ4n) is 1.56. The van der Waals surface area contributed by atoms with Crippen LogP contribution in [0.4, 0.5) is 4.79 Å². The van der Waals surface area contributed by atoms with Crippen LogP contribution in [-0.2, 0) is 11.2 Å². The third-order valence-corrected chi connectivity index (χ3v) is 4.16. The Kier molecular flexibility index (Phi) is 3.02. The molecule has 0 spiro atoms. The minimum absolute atomic E-state index is 0.201. The van der Waals surface area contributed by atoms with Crippen LogP contribution >= 0.6 is 27.3 Å². The van der Waals surface area contributed by atoms with Crippen LogP contribution < -0.4 is 5.32 Å². The Morgan fingerprint density at radius 2 is 2.47 bits per heavy atom. The van der Waals surface area contributed by atoms with Crippen LogP contribution in [0.5, 0.6) is 0 Å². The number of aryl methyl sites for hydroxylation is 1. The molecule has 0 aliphatic carbocycles. The summed E-state index contributed by atoms with van der Waals surface area (Å²) in [4.78, 5) is 12.3. The monoisotopic (exact) mass is 289 g/mol. The molecule has 1 atom stereocenters. The first-order valence-corrected chi connectivity index (χ1v) is 6.37. The molecule has 3 nitrogen and oxygen atoms in total. The van der Waals surface area contributed by atoms with Gasteiger partial charge in [0.25, 0.3) is 0 Å². The number of alkyl carbamates (subject to hydrolysis) is 1. The highest BCUT2D eigenvalue weighted by atomic mass is 79.9. The lowest BCUT2D eigenvalue weighted by Gasteiger charge is -2.19. The summed E-state index contributed by atoms with van der Waals surface area (Å²) >= 11 is 5.17. The summed E-state index contributed by atoms with van der Waals surface area (Å²) in [7, 11) is 0. The van der Waals surface area contributed by atoms with Gasteiger partial charge in [-0.25, -0.2) is 4.79 Å². The van der Waals surface area contributed by atoms with Crippen molar-refractivity contribution in [2.45, 2.75) is 25.3 Å². The quantitative estimate of drug-likeness (QED) is 0.929. The fraction of sp³-hybridized carbons (Fsp3) is 0.500. The molecule has 5 heteroatoms. The van der Waals surface area contributed by atoms with Crippen LogP contribution in [0.15, 0.2) is 15.9 Å². The molecule has 1 aromatic rings. The molecule has 15 heavy (non-hydrogen) atoms. The molecule has 1 N–H and O–H groups in total. The first-order valence-electron chi connectivity index (χ1n) is 4.77. The van der Waals surface area contributed by atoms with Gasteiger partial charge < -0.3 is 10.1 Å². The van der Waals surface area contributed by atoms with Crippen molar-refractivity contribution in [2.75, 3.05) is 6.61 Å². The number of carbonyl (C=O) groups is 1. The van der Waals surface area contributed by atoms with E-state index in [1.165, 1.54) is 4.88 Å². The van der Waals surface area contributed by atoms with Gasteiger partial charge in [0.15, 0.2) is 0 Å². The van der Waals surface area contributed by atoms with Gasteiger partial charge >= 0.3 is 6.09 Å². The standard InChI is InChI=1S/C10H12BrNO2S/c1-10(6-14-9(13)12-10)5-4-7-2-3-8(11)15-7/h2-3H,4-6H2,1H3,(H,12,13). The van der Waals surface area contributed by atoms with E-state index in [0.29, 0.717) is 6.61 Å². The van der Waals surface area contributed by atoms with Crippen molar-refractivity contribution in [2.24, 2.45) is 0 Å². The van der Waals surface area contributed by atoms with Crippen molar-refractivity contribution >= 4 is 33.4 Å². The molecule has 2 rings (SSSR count). The molecule has 0 radical (unpaired) electrons. The summed E-state index contributed by atoms with van der Waals surface area (Å²) in [5.41, 5.74) is -0.201.